The monoisotopic (exact) mass is 353 g/mol. The van der Waals surface area contributed by atoms with Crippen molar-refractivity contribution < 1.29 is 14.2 Å². The van der Waals surface area contributed by atoms with Gasteiger partial charge in [0.05, 0.1) is 13.2 Å². The summed E-state index contributed by atoms with van der Waals surface area (Å²) in [5.74, 6) is 1.57. The number of ether oxygens (including phenoxy) is 3. The summed E-state index contributed by atoms with van der Waals surface area (Å²) in [6.07, 6.45) is 2.17. The van der Waals surface area contributed by atoms with Crippen molar-refractivity contribution in [3.63, 3.8) is 0 Å². The molecule has 4 nitrogen and oxygen atoms in total. The number of nitrogens with zero attached hydrogens (tertiary/aromatic N) is 1. The molecule has 0 unspecified atom stereocenters. The largest absolute Gasteiger partial charge is 0.492 e. The predicted octanol–water partition coefficient (Wildman–Crippen LogP) is 3.99. The molecule has 4 heteroatoms. The first-order valence-corrected chi connectivity index (χ1v) is 9.62. The van der Waals surface area contributed by atoms with Crippen LogP contribution in [0.5, 0.6) is 5.75 Å². The van der Waals surface area contributed by atoms with Crippen molar-refractivity contribution in [3.05, 3.63) is 65.7 Å². The summed E-state index contributed by atoms with van der Waals surface area (Å²) >= 11 is 0. The van der Waals surface area contributed by atoms with Crippen molar-refractivity contribution >= 4 is 0 Å². The van der Waals surface area contributed by atoms with Crippen LogP contribution in [0.3, 0.4) is 0 Å². The Morgan fingerprint density at radius 3 is 2.35 bits per heavy atom. The number of benzene rings is 2. The van der Waals surface area contributed by atoms with Crippen LogP contribution in [0.25, 0.3) is 0 Å². The zero-order chi connectivity index (χ0) is 17.6. The van der Waals surface area contributed by atoms with E-state index in [0.29, 0.717) is 25.7 Å². The minimum Gasteiger partial charge on any atom is -0.492 e. The van der Waals surface area contributed by atoms with Gasteiger partial charge in [-0.1, -0.05) is 48.5 Å². The minimum atomic E-state index is -0.284. The molecule has 0 aliphatic carbocycles. The van der Waals surface area contributed by atoms with Crippen LogP contribution in [0.4, 0.5) is 0 Å². The Labute approximate surface area is 155 Å². The molecular formula is C22H27NO3. The Balaban J connectivity index is 1.25. The molecule has 0 aromatic heterocycles. The number of hydrogen-bond donors (Lipinski definition) is 0. The minimum absolute atomic E-state index is 0.284. The van der Waals surface area contributed by atoms with E-state index in [-0.39, 0.29) is 6.29 Å². The fourth-order valence-electron chi connectivity index (χ4n) is 3.84. The van der Waals surface area contributed by atoms with Crippen molar-refractivity contribution in [2.24, 2.45) is 0 Å². The van der Waals surface area contributed by atoms with Crippen LogP contribution < -0.4 is 4.74 Å². The van der Waals surface area contributed by atoms with Crippen molar-refractivity contribution in [2.75, 3.05) is 39.5 Å². The second-order valence-electron chi connectivity index (χ2n) is 6.99. The van der Waals surface area contributed by atoms with Crippen LogP contribution in [0, 0.1) is 0 Å². The Morgan fingerprint density at radius 1 is 0.885 bits per heavy atom. The summed E-state index contributed by atoms with van der Waals surface area (Å²) in [6, 6.07) is 18.9. The van der Waals surface area contributed by atoms with Crippen LogP contribution in [0.15, 0.2) is 54.6 Å². The molecule has 0 spiro atoms. The Bertz CT molecular complexity index is 677. The molecule has 2 aliphatic rings. The highest BCUT2D eigenvalue weighted by Gasteiger charge is 2.23. The van der Waals surface area contributed by atoms with E-state index >= 15 is 0 Å². The summed E-state index contributed by atoms with van der Waals surface area (Å²) in [6.45, 7) is 5.23. The molecule has 2 aliphatic heterocycles. The maximum atomic E-state index is 6.06. The molecule has 2 fully saturated rings. The summed E-state index contributed by atoms with van der Waals surface area (Å²) in [5, 5.41) is 0. The summed E-state index contributed by atoms with van der Waals surface area (Å²) in [5.41, 5.74) is 2.47. The highest BCUT2D eigenvalue weighted by atomic mass is 16.7. The van der Waals surface area contributed by atoms with Gasteiger partial charge in [-0.25, -0.2) is 0 Å². The maximum absolute atomic E-state index is 6.06. The van der Waals surface area contributed by atoms with E-state index in [1.54, 1.807) is 0 Å². The van der Waals surface area contributed by atoms with Crippen molar-refractivity contribution in [2.45, 2.75) is 25.0 Å². The molecule has 0 radical (unpaired) electrons. The zero-order valence-electron chi connectivity index (χ0n) is 15.2. The van der Waals surface area contributed by atoms with Gasteiger partial charge in [0, 0.05) is 12.1 Å². The van der Waals surface area contributed by atoms with Crippen molar-refractivity contribution in [1.29, 1.82) is 0 Å². The molecule has 0 bridgehead atoms. The van der Waals surface area contributed by atoms with Gasteiger partial charge >= 0.3 is 0 Å². The Kier molecular flexibility index (Phi) is 5.85. The third-order valence-corrected chi connectivity index (χ3v) is 5.32. The van der Waals surface area contributed by atoms with Crippen LogP contribution in [-0.4, -0.2) is 44.4 Å². The summed E-state index contributed by atoms with van der Waals surface area (Å²) < 4.78 is 17.3. The van der Waals surface area contributed by atoms with Crippen LogP contribution in [0.1, 0.15) is 36.2 Å². The lowest BCUT2D eigenvalue weighted by Crippen LogP contribution is -2.35. The molecule has 0 N–H and O–H groups in total. The van der Waals surface area contributed by atoms with E-state index < -0.39 is 0 Å². The second kappa shape index (κ2) is 8.67. The van der Waals surface area contributed by atoms with Gasteiger partial charge in [0.1, 0.15) is 12.4 Å². The average Bonchev–Trinajstić information content (AvgIpc) is 3.24. The normalized spacial score (nSPS) is 19.7. The third-order valence-electron chi connectivity index (χ3n) is 5.32. The van der Waals surface area contributed by atoms with Gasteiger partial charge in [0.2, 0.25) is 0 Å². The quantitative estimate of drug-likeness (QED) is 0.786. The molecule has 0 amide bonds. The molecular weight excluding hydrogens is 326 g/mol. The molecule has 26 heavy (non-hydrogen) atoms. The Hall–Kier alpha value is -1.88. The molecule has 2 heterocycles. The lowest BCUT2D eigenvalue weighted by atomic mass is 9.89. The summed E-state index contributed by atoms with van der Waals surface area (Å²) in [4.78, 5) is 2.50. The van der Waals surface area contributed by atoms with Gasteiger partial charge in [0.15, 0.2) is 6.29 Å². The first kappa shape index (κ1) is 17.5. The number of piperidine rings is 1. The molecule has 0 atom stereocenters. The fourth-order valence-corrected chi connectivity index (χ4v) is 3.84. The SMILES string of the molecule is c1ccc(C2CCN(CCOc3ccccc3C3OCCO3)CC2)cc1. The number of para-hydroxylation sites is 1. The van der Waals surface area contributed by atoms with Gasteiger partial charge in [-0.2, -0.15) is 0 Å². The predicted molar refractivity (Wildman–Crippen MR) is 101 cm³/mol. The maximum Gasteiger partial charge on any atom is 0.187 e. The molecule has 2 aromatic carbocycles. The molecule has 138 valence electrons. The van der Waals surface area contributed by atoms with Gasteiger partial charge in [-0.05, 0) is 43.5 Å². The van der Waals surface area contributed by atoms with Crippen LogP contribution in [0.2, 0.25) is 0 Å². The van der Waals surface area contributed by atoms with E-state index in [0.717, 1.165) is 30.9 Å². The van der Waals surface area contributed by atoms with Gasteiger partial charge < -0.3 is 14.2 Å². The molecule has 2 aromatic rings. The number of likely N-dealkylation sites (tertiary alicyclic amines) is 1. The van der Waals surface area contributed by atoms with Crippen LogP contribution >= 0.6 is 0 Å². The number of rotatable bonds is 6. The van der Waals surface area contributed by atoms with E-state index in [4.69, 9.17) is 14.2 Å². The van der Waals surface area contributed by atoms with Gasteiger partial charge in [0.25, 0.3) is 0 Å². The fraction of sp³-hybridized carbons (Fsp3) is 0.455. The van der Waals surface area contributed by atoms with Crippen LogP contribution in [-0.2, 0) is 9.47 Å². The topological polar surface area (TPSA) is 30.9 Å². The van der Waals surface area contributed by atoms with Gasteiger partial charge in [-0.15, -0.1) is 0 Å². The third kappa shape index (κ3) is 4.26. The molecule has 4 rings (SSSR count). The first-order chi connectivity index (χ1) is 12.9. The highest BCUT2D eigenvalue weighted by Crippen LogP contribution is 2.31. The van der Waals surface area contributed by atoms with Crippen molar-refractivity contribution in [1.82, 2.24) is 4.90 Å². The first-order valence-electron chi connectivity index (χ1n) is 9.62. The highest BCUT2D eigenvalue weighted by molar-refractivity contribution is 5.34. The van der Waals surface area contributed by atoms with E-state index in [1.165, 1.54) is 18.4 Å². The Morgan fingerprint density at radius 2 is 1.58 bits per heavy atom. The molecule has 2 saturated heterocycles. The lowest BCUT2D eigenvalue weighted by Gasteiger charge is -2.32. The standard InChI is InChI=1S/C22H27NO3/c1-2-6-18(7-3-1)19-10-12-23(13-11-19)14-15-24-21-9-5-4-8-20(21)22-25-16-17-26-22/h1-9,19,22H,10-17H2. The number of hydrogen-bond acceptors (Lipinski definition) is 4. The van der Waals surface area contributed by atoms with E-state index in [9.17, 15) is 0 Å². The smallest absolute Gasteiger partial charge is 0.187 e. The second-order valence-corrected chi connectivity index (χ2v) is 6.99. The lowest BCUT2D eigenvalue weighted by molar-refractivity contribution is -0.0458. The van der Waals surface area contributed by atoms with Gasteiger partial charge in [-0.3, -0.25) is 4.90 Å². The zero-order valence-corrected chi connectivity index (χ0v) is 15.2. The van der Waals surface area contributed by atoms with E-state index in [1.807, 2.05) is 24.3 Å². The van der Waals surface area contributed by atoms with Crippen molar-refractivity contribution in [3.8, 4) is 5.75 Å². The average molecular weight is 353 g/mol. The molecule has 0 saturated carbocycles. The summed E-state index contributed by atoms with van der Waals surface area (Å²) in [7, 11) is 0. The van der Waals surface area contributed by atoms with E-state index in [2.05, 4.69) is 35.2 Å².